The Morgan fingerprint density at radius 3 is 2.50 bits per heavy atom. The van der Waals surface area contributed by atoms with E-state index in [0.29, 0.717) is 46.6 Å². The molecule has 202 valence electrons. The second-order valence-corrected chi connectivity index (χ2v) is 9.37. The van der Waals surface area contributed by atoms with Crippen molar-refractivity contribution in [3.8, 4) is 5.75 Å². The minimum Gasteiger partial charge on any atom is -0.494 e. The standard InChI is InChI=1S/C22H22N6O3.C4H10.C3H6/c1-11(23)13-4-3-5-14(20(13)31-2)24-15-8-17(26-22(30)12-6-7-12)25-16-9-28-10-18(29)27-21(28)19(15)16;1-3-4-2;1-3-2/h3-5,8,12,23H,6-7,9-10H2,1-2H3,(H2,24,25,26,30);3-4H2,1-2H3;3H,1H2,2H3. The van der Waals surface area contributed by atoms with Gasteiger partial charge in [0, 0.05) is 23.3 Å². The number of aromatic nitrogens is 1. The van der Waals surface area contributed by atoms with Gasteiger partial charge in [0.15, 0.2) is 5.75 Å². The number of benzene rings is 1. The lowest BCUT2D eigenvalue weighted by Crippen LogP contribution is -2.22. The summed E-state index contributed by atoms with van der Waals surface area (Å²) < 4.78 is 5.58. The number of nitrogens with one attached hydrogen (secondary N) is 3. The summed E-state index contributed by atoms with van der Waals surface area (Å²) in [5.74, 6) is 1.45. The minimum atomic E-state index is -0.184. The predicted octanol–water partition coefficient (Wildman–Crippen LogP) is 5.67. The second-order valence-electron chi connectivity index (χ2n) is 9.37. The molecule has 9 nitrogen and oxygen atoms in total. The van der Waals surface area contributed by atoms with Crippen LogP contribution in [0.3, 0.4) is 0 Å². The van der Waals surface area contributed by atoms with Crippen molar-refractivity contribution in [1.82, 2.24) is 9.88 Å². The number of aliphatic imine (C=N–C) groups is 1. The lowest BCUT2D eigenvalue weighted by atomic mass is 10.1. The van der Waals surface area contributed by atoms with Crippen LogP contribution in [-0.2, 0) is 16.1 Å². The Morgan fingerprint density at radius 2 is 1.92 bits per heavy atom. The third kappa shape index (κ3) is 6.65. The van der Waals surface area contributed by atoms with Crippen molar-refractivity contribution in [3.05, 3.63) is 53.7 Å². The number of carbonyl (C=O) groups is 2. The van der Waals surface area contributed by atoms with E-state index >= 15 is 0 Å². The van der Waals surface area contributed by atoms with Gasteiger partial charge in [0.05, 0.1) is 36.3 Å². The van der Waals surface area contributed by atoms with Crippen molar-refractivity contribution in [1.29, 1.82) is 5.41 Å². The first-order valence-electron chi connectivity index (χ1n) is 13.1. The van der Waals surface area contributed by atoms with Crippen LogP contribution in [0.1, 0.15) is 70.2 Å². The van der Waals surface area contributed by atoms with Gasteiger partial charge in [-0.1, -0.05) is 38.8 Å². The molecule has 1 aromatic heterocycles. The molecule has 0 saturated heterocycles. The van der Waals surface area contributed by atoms with E-state index in [1.54, 1.807) is 26.2 Å². The Morgan fingerprint density at radius 1 is 1.24 bits per heavy atom. The van der Waals surface area contributed by atoms with Gasteiger partial charge in [-0.3, -0.25) is 9.59 Å². The number of methoxy groups -OCH3 is 1. The van der Waals surface area contributed by atoms with Crippen molar-refractivity contribution in [2.24, 2.45) is 10.9 Å². The minimum absolute atomic E-state index is 0.0246. The van der Waals surface area contributed by atoms with E-state index in [1.807, 2.05) is 30.0 Å². The number of allylic oxidation sites excluding steroid dienone is 1. The Bertz CT molecular complexity index is 1250. The molecule has 3 aliphatic rings. The van der Waals surface area contributed by atoms with E-state index < -0.39 is 0 Å². The van der Waals surface area contributed by atoms with Crippen LogP contribution in [0, 0.1) is 11.3 Å². The Labute approximate surface area is 224 Å². The van der Waals surface area contributed by atoms with Gasteiger partial charge in [-0.15, -0.1) is 6.58 Å². The van der Waals surface area contributed by atoms with Gasteiger partial charge in [-0.2, -0.15) is 4.99 Å². The fourth-order valence-electron chi connectivity index (χ4n) is 3.98. The average Bonchev–Trinajstić information content (AvgIpc) is 3.60. The Hall–Kier alpha value is -4.01. The van der Waals surface area contributed by atoms with Gasteiger partial charge in [0.25, 0.3) is 5.91 Å². The van der Waals surface area contributed by atoms with E-state index in [0.717, 1.165) is 24.1 Å². The molecular weight excluding hydrogens is 480 g/mol. The highest BCUT2D eigenvalue weighted by molar-refractivity contribution is 6.16. The quantitative estimate of drug-likeness (QED) is 0.321. The first-order valence-corrected chi connectivity index (χ1v) is 13.1. The number of hydrogen-bond donors (Lipinski definition) is 3. The number of fused-ring (bicyclic) bond motifs is 3. The molecule has 1 saturated carbocycles. The number of unbranched alkanes of at least 4 members (excludes halogenated alkanes) is 1. The molecule has 1 fully saturated rings. The molecule has 2 aliphatic heterocycles. The zero-order valence-corrected chi connectivity index (χ0v) is 23.0. The molecule has 5 rings (SSSR count). The topological polar surface area (TPSA) is 120 Å². The number of pyridine rings is 1. The summed E-state index contributed by atoms with van der Waals surface area (Å²) in [5, 5.41) is 14.3. The number of anilines is 3. The number of carbonyl (C=O) groups excluding carboxylic acids is 2. The van der Waals surface area contributed by atoms with Gasteiger partial charge in [-0.25, -0.2) is 4.98 Å². The molecule has 1 aliphatic carbocycles. The maximum atomic E-state index is 12.3. The van der Waals surface area contributed by atoms with Crippen LogP contribution < -0.4 is 15.4 Å². The normalized spacial score (nSPS) is 14.6. The van der Waals surface area contributed by atoms with Crippen LogP contribution in [-0.4, -0.2) is 46.9 Å². The molecule has 2 aromatic rings. The predicted molar refractivity (Wildman–Crippen MR) is 153 cm³/mol. The molecule has 1 aromatic carbocycles. The molecule has 0 spiro atoms. The number of amides is 2. The van der Waals surface area contributed by atoms with Crippen LogP contribution in [0.25, 0.3) is 0 Å². The zero-order valence-electron chi connectivity index (χ0n) is 23.0. The van der Waals surface area contributed by atoms with Crippen LogP contribution in [0.15, 0.2) is 41.9 Å². The summed E-state index contributed by atoms with van der Waals surface area (Å²) >= 11 is 0. The van der Waals surface area contributed by atoms with E-state index in [9.17, 15) is 9.59 Å². The molecule has 0 unspecified atom stereocenters. The van der Waals surface area contributed by atoms with Crippen molar-refractivity contribution < 1.29 is 14.3 Å². The van der Waals surface area contributed by atoms with Gasteiger partial charge in [-0.05, 0) is 38.8 Å². The number of rotatable bonds is 7. The first kappa shape index (κ1) is 28.6. The third-order valence-corrected chi connectivity index (χ3v) is 6.11. The molecule has 0 bridgehead atoms. The summed E-state index contributed by atoms with van der Waals surface area (Å²) in [7, 11) is 1.56. The maximum absolute atomic E-state index is 12.3. The van der Waals surface area contributed by atoms with Crippen molar-refractivity contribution >= 4 is 40.6 Å². The highest BCUT2D eigenvalue weighted by Crippen LogP contribution is 2.38. The third-order valence-electron chi connectivity index (χ3n) is 6.11. The van der Waals surface area contributed by atoms with E-state index in [-0.39, 0.29) is 24.3 Å². The highest BCUT2D eigenvalue weighted by Gasteiger charge is 2.37. The number of nitrogens with zero attached hydrogens (tertiary/aromatic N) is 3. The molecule has 3 N–H and O–H groups in total. The SMILES string of the molecule is C=CC.CCCC.COc1c(Nc2cc(NC(=O)C3CC3)nc3c2C2=NC(=O)CN2C3)cccc1C(C)=N. The van der Waals surface area contributed by atoms with E-state index in [2.05, 4.69) is 41.0 Å². The summed E-state index contributed by atoms with van der Waals surface area (Å²) in [4.78, 5) is 34.9. The summed E-state index contributed by atoms with van der Waals surface area (Å²) in [6.07, 6.45) is 6.20. The zero-order chi connectivity index (χ0) is 27.8. The molecule has 9 heteroatoms. The van der Waals surface area contributed by atoms with Gasteiger partial charge in [0.1, 0.15) is 18.2 Å². The fourth-order valence-corrected chi connectivity index (χ4v) is 3.98. The molecule has 0 atom stereocenters. The highest BCUT2D eigenvalue weighted by atomic mass is 16.5. The van der Waals surface area contributed by atoms with E-state index in [1.165, 1.54) is 12.8 Å². The summed E-state index contributed by atoms with van der Waals surface area (Å²) in [6.45, 7) is 12.0. The molecule has 2 amide bonds. The van der Waals surface area contributed by atoms with Crippen molar-refractivity contribution in [2.45, 2.75) is 59.9 Å². The van der Waals surface area contributed by atoms with E-state index in [4.69, 9.17) is 10.1 Å². The van der Waals surface area contributed by atoms with Crippen molar-refractivity contribution in [2.75, 3.05) is 24.3 Å². The largest absolute Gasteiger partial charge is 0.494 e. The van der Waals surface area contributed by atoms with Gasteiger partial charge >= 0.3 is 0 Å². The second kappa shape index (κ2) is 13.0. The molecule has 38 heavy (non-hydrogen) atoms. The molecule has 3 heterocycles. The number of ether oxygens (including phenoxy) is 1. The first-order chi connectivity index (χ1) is 18.3. The molecule has 0 radical (unpaired) electrons. The Balaban J connectivity index is 0.000000515. The maximum Gasteiger partial charge on any atom is 0.267 e. The van der Waals surface area contributed by atoms with Crippen LogP contribution in [0.4, 0.5) is 17.2 Å². The van der Waals surface area contributed by atoms with Crippen LogP contribution >= 0.6 is 0 Å². The van der Waals surface area contributed by atoms with Crippen molar-refractivity contribution in [3.63, 3.8) is 0 Å². The van der Waals surface area contributed by atoms with Crippen LogP contribution in [0.2, 0.25) is 0 Å². The number of hydrogen-bond acceptors (Lipinski definition) is 7. The van der Waals surface area contributed by atoms with Crippen LogP contribution in [0.5, 0.6) is 5.75 Å². The van der Waals surface area contributed by atoms with Gasteiger partial charge < -0.3 is 25.7 Å². The Kier molecular flexibility index (Phi) is 9.76. The smallest absolute Gasteiger partial charge is 0.267 e. The lowest BCUT2D eigenvalue weighted by molar-refractivity contribution is -0.118. The number of amidine groups is 1. The monoisotopic (exact) mass is 518 g/mol. The number of para-hydroxylation sites is 1. The fraction of sp³-hybridized carbons (Fsp3) is 0.414. The van der Waals surface area contributed by atoms with Gasteiger partial charge in [0.2, 0.25) is 5.91 Å². The lowest BCUT2D eigenvalue weighted by Gasteiger charge is -2.17. The average molecular weight is 519 g/mol. The summed E-state index contributed by atoms with van der Waals surface area (Å²) in [5.41, 5.74) is 3.90. The molecular formula is C29H38N6O3. The summed E-state index contributed by atoms with van der Waals surface area (Å²) in [6, 6.07) is 7.29.